The maximum Gasteiger partial charge on any atom is 0.128 e. The molecular weight excluding hydrogens is 364 g/mol. The van der Waals surface area contributed by atoms with Crippen molar-refractivity contribution in [1.29, 1.82) is 0 Å². The monoisotopic (exact) mass is 388 g/mol. The number of aliphatic hydroxyl groups is 5. The lowest BCUT2D eigenvalue weighted by molar-refractivity contribution is -0.100. The van der Waals surface area contributed by atoms with Crippen molar-refractivity contribution in [3.05, 3.63) is 60.7 Å². The number of hydrogen-bond donors (Lipinski definition) is 7. The van der Waals surface area contributed by atoms with Crippen LogP contribution in [0.3, 0.4) is 0 Å². The minimum Gasteiger partial charge on any atom is -0.394 e. The van der Waals surface area contributed by atoms with Crippen LogP contribution < -0.4 is 10.9 Å². The number of hydrogen-bond acceptors (Lipinski definition) is 9. The lowest BCUT2D eigenvalue weighted by Gasteiger charge is -2.25. The number of rotatable bonds is 10. The Morgan fingerprint density at radius 3 is 1.89 bits per heavy atom. The molecule has 0 aromatic heterocycles. The van der Waals surface area contributed by atoms with Crippen LogP contribution in [0.25, 0.3) is 0 Å². The molecule has 0 saturated heterocycles. The topological polar surface area (TPSA) is 150 Å². The van der Waals surface area contributed by atoms with Crippen molar-refractivity contribution >= 4 is 23.3 Å². The Morgan fingerprint density at radius 1 is 0.821 bits per heavy atom. The standard InChI is InChI=1S/C19H24N4O5/c24-12-16(25)18(27)19(28)17(26)15(23-22-14-9-5-2-6-10-14)11-20-21-13-7-3-1-4-8-13/h1-11,16-19,21-22,24-28H,12H2/b20-11+,23-15-. The third-order valence-corrected chi connectivity index (χ3v) is 3.81. The molecule has 0 aliphatic heterocycles. The molecular formula is C19H24N4O5. The van der Waals surface area contributed by atoms with Crippen molar-refractivity contribution in [2.24, 2.45) is 10.2 Å². The van der Waals surface area contributed by atoms with Crippen LogP contribution >= 0.6 is 0 Å². The van der Waals surface area contributed by atoms with E-state index in [0.29, 0.717) is 11.4 Å². The molecule has 0 heterocycles. The molecule has 0 aliphatic carbocycles. The summed E-state index contributed by atoms with van der Waals surface area (Å²) in [5.74, 6) is 0. The second-order valence-electron chi connectivity index (χ2n) is 5.93. The highest BCUT2D eigenvalue weighted by Crippen LogP contribution is 2.09. The molecule has 9 nitrogen and oxygen atoms in total. The van der Waals surface area contributed by atoms with Crippen molar-refractivity contribution < 1.29 is 25.5 Å². The molecule has 28 heavy (non-hydrogen) atoms. The molecule has 0 spiro atoms. The first-order valence-corrected chi connectivity index (χ1v) is 8.59. The van der Waals surface area contributed by atoms with Gasteiger partial charge in [0.05, 0.1) is 24.2 Å². The summed E-state index contributed by atoms with van der Waals surface area (Å²) in [5, 5.41) is 56.7. The van der Waals surface area contributed by atoms with E-state index in [1.165, 1.54) is 6.21 Å². The highest BCUT2D eigenvalue weighted by atomic mass is 16.4. The van der Waals surface area contributed by atoms with Crippen molar-refractivity contribution in [2.75, 3.05) is 17.5 Å². The van der Waals surface area contributed by atoms with E-state index in [0.717, 1.165) is 0 Å². The Hall–Kier alpha value is -2.82. The van der Waals surface area contributed by atoms with Gasteiger partial charge in [0.2, 0.25) is 0 Å². The van der Waals surface area contributed by atoms with E-state index in [1.54, 1.807) is 36.4 Å². The molecule has 2 rings (SSSR count). The number of anilines is 2. The summed E-state index contributed by atoms with van der Waals surface area (Å²) in [5.41, 5.74) is 6.68. The number of benzene rings is 2. The molecule has 0 radical (unpaired) electrons. The van der Waals surface area contributed by atoms with Gasteiger partial charge in [0, 0.05) is 0 Å². The predicted octanol–water partition coefficient (Wildman–Crippen LogP) is -0.0117. The fraction of sp³-hybridized carbons (Fsp3) is 0.263. The molecule has 2 aromatic carbocycles. The van der Waals surface area contributed by atoms with Crippen LogP contribution in [0, 0.1) is 0 Å². The van der Waals surface area contributed by atoms with E-state index in [-0.39, 0.29) is 5.71 Å². The van der Waals surface area contributed by atoms with Crippen LogP contribution in [-0.2, 0) is 0 Å². The van der Waals surface area contributed by atoms with E-state index in [1.807, 2.05) is 24.3 Å². The van der Waals surface area contributed by atoms with Crippen LogP contribution in [0.4, 0.5) is 11.4 Å². The Bertz CT molecular complexity index is 757. The zero-order valence-corrected chi connectivity index (χ0v) is 15.0. The highest BCUT2D eigenvalue weighted by Gasteiger charge is 2.32. The Kier molecular flexibility index (Phi) is 8.53. The van der Waals surface area contributed by atoms with E-state index in [4.69, 9.17) is 5.11 Å². The first-order valence-electron chi connectivity index (χ1n) is 8.59. The van der Waals surface area contributed by atoms with Gasteiger partial charge in [-0.1, -0.05) is 36.4 Å². The van der Waals surface area contributed by atoms with Crippen molar-refractivity contribution in [1.82, 2.24) is 0 Å². The van der Waals surface area contributed by atoms with Crippen LogP contribution in [0.5, 0.6) is 0 Å². The normalized spacial score (nSPS) is 16.4. The Labute approximate surface area is 162 Å². The van der Waals surface area contributed by atoms with E-state index in [9.17, 15) is 20.4 Å². The fourth-order valence-corrected chi connectivity index (χ4v) is 2.20. The van der Waals surface area contributed by atoms with Gasteiger partial charge < -0.3 is 25.5 Å². The number of para-hydroxylation sites is 2. The lowest BCUT2D eigenvalue weighted by atomic mass is 10.0. The van der Waals surface area contributed by atoms with E-state index < -0.39 is 31.0 Å². The molecule has 0 saturated carbocycles. The zero-order chi connectivity index (χ0) is 20.4. The van der Waals surface area contributed by atoms with Crippen LogP contribution in [0.2, 0.25) is 0 Å². The molecule has 150 valence electrons. The molecule has 0 aliphatic rings. The van der Waals surface area contributed by atoms with Crippen molar-refractivity contribution in [2.45, 2.75) is 24.4 Å². The summed E-state index contributed by atoms with van der Waals surface area (Å²) < 4.78 is 0. The predicted molar refractivity (Wildman–Crippen MR) is 107 cm³/mol. The van der Waals surface area contributed by atoms with Crippen LogP contribution in [0.1, 0.15) is 0 Å². The van der Waals surface area contributed by atoms with Gasteiger partial charge >= 0.3 is 0 Å². The molecule has 4 atom stereocenters. The van der Waals surface area contributed by atoms with E-state index in [2.05, 4.69) is 21.1 Å². The van der Waals surface area contributed by atoms with Crippen LogP contribution in [-0.4, -0.2) is 68.5 Å². The second kappa shape index (κ2) is 11.1. The molecule has 0 bridgehead atoms. The molecule has 9 heteroatoms. The minimum atomic E-state index is -1.80. The minimum absolute atomic E-state index is 0.107. The average Bonchev–Trinajstić information content (AvgIpc) is 2.75. The number of nitrogens with zero attached hydrogens (tertiary/aromatic N) is 2. The van der Waals surface area contributed by atoms with Gasteiger partial charge in [0.25, 0.3) is 0 Å². The third kappa shape index (κ3) is 6.41. The molecule has 0 amide bonds. The summed E-state index contributed by atoms with van der Waals surface area (Å²) in [6.07, 6.45) is -5.71. The summed E-state index contributed by atoms with van der Waals surface area (Å²) in [6.45, 7) is -0.774. The highest BCUT2D eigenvalue weighted by molar-refractivity contribution is 6.33. The number of aliphatic hydroxyl groups excluding tert-OH is 5. The summed E-state index contributed by atoms with van der Waals surface area (Å²) >= 11 is 0. The Balaban J connectivity index is 2.16. The Morgan fingerprint density at radius 2 is 1.36 bits per heavy atom. The number of nitrogens with one attached hydrogen (secondary N) is 2. The van der Waals surface area contributed by atoms with Gasteiger partial charge in [-0.3, -0.25) is 10.9 Å². The second-order valence-corrected chi connectivity index (χ2v) is 5.93. The lowest BCUT2D eigenvalue weighted by Crippen LogP contribution is -2.49. The SMILES string of the molecule is OCC(O)C(O)C(O)C(O)C(/C=N/Nc1ccccc1)=N\Nc1ccccc1. The third-order valence-electron chi connectivity index (χ3n) is 3.81. The largest absolute Gasteiger partial charge is 0.394 e. The van der Waals surface area contributed by atoms with Gasteiger partial charge in [0.15, 0.2) is 0 Å². The van der Waals surface area contributed by atoms with Gasteiger partial charge in [-0.2, -0.15) is 10.2 Å². The molecule has 2 aromatic rings. The first kappa shape index (κ1) is 21.5. The summed E-state index contributed by atoms with van der Waals surface area (Å²) in [4.78, 5) is 0. The fourth-order valence-electron chi connectivity index (χ4n) is 2.20. The molecule has 4 unspecified atom stereocenters. The van der Waals surface area contributed by atoms with Gasteiger partial charge in [-0.05, 0) is 24.3 Å². The summed E-state index contributed by atoms with van der Waals surface area (Å²) in [7, 11) is 0. The van der Waals surface area contributed by atoms with Gasteiger partial charge in [-0.15, -0.1) is 0 Å². The van der Waals surface area contributed by atoms with Crippen LogP contribution in [0.15, 0.2) is 70.9 Å². The van der Waals surface area contributed by atoms with Gasteiger partial charge in [0.1, 0.15) is 30.1 Å². The van der Waals surface area contributed by atoms with Crippen molar-refractivity contribution in [3.63, 3.8) is 0 Å². The maximum absolute atomic E-state index is 10.4. The first-order chi connectivity index (χ1) is 13.5. The quantitative estimate of drug-likeness (QED) is 0.223. The van der Waals surface area contributed by atoms with E-state index >= 15 is 0 Å². The molecule has 7 N–H and O–H groups in total. The average molecular weight is 388 g/mol. The summed E-state index contributed by atoms with van der Waals surface area (Å²) in [6, 6.07) is 17.9. The smallest absolute Gasteiger partial charge is 0.128 e. The maximum atomic E-state index is 10.4. The zero-order valence-electron chi connectivity index (χ0n) is 15.0. The van der Waals surface area contributed by atoms with Gasteiger partial charge in [-0.25, -0.2) is 0 Å². The number of hydrazone groups is 2. The van der Waals surface area contributed by atoms with Crippen molar-refractivity contribution in [3.8, 4) is 0 Å². The molecule has 0 fully saturated rings.